The van der Waals surface area contributed by atoms with E-state index in [1.54, 1.807) is 0 Å². The van der Waals surface area contributed by atoms with E-state index in [9.17, 15) is 9.59 Å². The first kappa shape index (κ1) is 15.9. The van der Waals surface area contributed by atoms with Gasteiger partial charge in [0.25, 0.3) is 5.56 Å². The second-order valence-electron chi connectivity index (χ2n) is 6.93. The number of carboxylic acid groups (broad SMARTS) is 1. The molecular weight excluding hydrogens is 318 g/mol. The van der Waals surface area contributed by atoms with Gasteiger partial charge < -0.3 is 20.7 Å². The molecule has 1 saturated carbocycles. The van der Waals surface area contributed by atoms with Crippen LogP contribution in [0.1, 0.15) is 22.8 Å². The number of carboxylic acids is 1. The summed E-state index contributed by atoms with van der Waals surface area (Å²) in [7, 11) is 0. The number of aryl methyl sites for hydroxylation is 1. The number of pyridine rings is 1. The lowest BCUT2D eigenvalue weighted by Crippen LogP contribution is -2.27. The first-order valence-corrected chi connectivity index (χ1v) is 8.60. The molecule has 4 rings (SSSR count). The van der Waals surface area contributed by atoms with E-state index in [1.807, 2.05) is 19.1 Å². The Hall–Kier alpha value is -2.60. The van der Waals surface area contributed by atoms with Crippen molar-refractivity contribution < 1.29 is 9.90 Å². The molecule has 2 heterocycles. The number of anilines is 1. The molecule has 6 heteroatoms. The number of aromatic carboxylic acids is 1. The molecule has 130 valence electrons. The van der Waals surface area contributed by atoms with E-state index in [-0.39, 0.29) is 5.56 Å². The van der Waals surface area contributed by atoms with Crippen molar-refractivity contribution in [3.05, 3.63) is 51.8 Å². The van der Waals surface area contributed by atoms with Crippen LogP contribution >= 0.6 is 0 Å². The van der Waals surface area contributed by atoms with Gasteiger partial charge in [0.15, 0.2) is 0 Å². The van der Waals surface area contributed by atoms with Crippen LogP contribution in [0, 0.1) is 11.8 Å². The smallest absolute Gasteiger partial charge is 0.341 e. The second kappa shape index (κ2) is 5.74. The van der Waals surface area contributed by atoms with Crippen molar-refractivity contribution >= 4 is 11.7 Å². The molecule has 1 aliphatic heterocycles. The minimum atomic E-state index is -1.20. The molecule has 1 aromatic heterocycles. The molecule has 0 unspecified atom stereocenters. The quantitative estimate of drug-likeness (QED) is 0.787. The molecule has 3 atom stereocenters. The molecule has 4 N–H and O–H groups in total. The number of aromatic amines is 1. The Labute approximate surface area is 145 Å². The predicted octanol–water partition coefficient (Wildman–Crippen LogP) is 1.70. The van der Waals surface area contributed by atoms with Gasteiger partial charge in [-0.15, -0.1) is 0 Å². The molecule has 2 aromatic rings. The number of hydrogen-bond donors (Lipinski definition) is 3. The number of nitrogens with zero attached hydrogens (tertiary/aromatic N) is 1. The Morgan fingerprint density at radius 1 is 1.28 bits per heavy atom. The lowest BCUT2D eigenvalue weighted by Gasteiger charge is -2.21. The lowest BCUT2D eigenvalue weighted by molar-refractivity contribution is 0.0695. The zero-order chi connectivity index (χ0) is 17.7. The third-order valence-electron chi connectivity index (χ3n) is 5.52. The first-order valence-electron chi connectivity index (χ1n) is 8.60. The number of benzene rings is 1. The van der Waals surface area contributed by atoms with Gasteiger partial charge >= 0.3 is 5.97 Å². The van der Waals surface area contributed by atoms with Gasteiger partial charge in [0.2, 0.25) is 0 Å². The number of aromatic nitrogens is 1. The van der Waals surface area contributed by atoms with Crippen molar-refractivity contribution in [1.29, 1.82) is 0 Å². The third-order valence-corrected chi connectivity index (χ3v) is 5.52. The molecule has 0 bridgehead atoms. The molecule has 0 radical (unpaired) electrons. The van der Waals surface area contributed by atoms with Crippen LogP contribution in [-0.4, -0.2) is 35.2 Å². The number of piperidine rings is 1. The fourth-order valence-corrected chi connectivity index (χ4v) is 3.89. The molecule has 1 saturated heterocycles. The standard InChI is InChI=1S/C19H21N3O3/c1-2-10-7-13(19(24)25)18(23)21-17(10)11-3-5-12(6-4-11)22-8-14-15(9-22)16(14)20/h3-7,14-16H,2,8-9,20H2,1H3,(H,21,23)(H,24,25)/t14-,15+,16+. The zero-order valence-electron chi connectivity index (χ0n) is 14.0. The summed E-state index contributed by atoms with van der Waals surface area (Å²) in [6.45, 7) is 3.96. The van der Waals surface area contributed by atoms with Crippen molar-refractivity contribution in [2.24, 2.45) is 17.6 Å². The summed E-state index contributed by atoms with van der Waals surface area (Å²) in [5.74, 6) is 0.0567. The number of H-pyrrole nitrogens is 1. The van der Waals surface area contributed by atoms with Crippen LogP contribution in [0.25, 0.3) is 11.3 Å². The normalized spacial score (nSPS) is 24.2. The number of nitrogens with two attached hydrogens (primary N) is 1. The minimum absolute atomic E-state index is 0.218. The van der Waals surface area contributed by atoms with Gasteiger partial charge in [-0.3, -0.25) is 4.79 Å². The van der Waals surface area contributed by atoms with Crippen molar-refractivity contribution in [2.45, 2.75) is 19.4 Å². The van der Waals surface area contributed by atoms with E-state index in [0.717, 1.165) is 29.9 Å². The zero-order valence-corrected chi connectivity index (χ0v) is 14.0. The summed E-state index contributed by atoms with van der Waals surface area (Å²) in [5, 5.41) is 9.11. The Balaban J connectivity index is 1.63. The number of fused-ring (bicyclic) bond motifs is 1. The lowest BCUT2D eigenvalue weighted by atomic mass is 10.0. The highest BCUT2D eigenvalue weighted by atomic mass is 16.4. The monoisotopic (exact) mass is 339 g/mol. The van der Waals surface area contributed by atoms with Crippen LogP contribution in [0.5, 0.6) is 0 Å². The van der Waals surface area contributed by atoms with Gasteiger partial charge in [0.05, 0.1) is 5.69 Å². The minimum Gasteiger partial charge on any atom is -0.477 e. The number of nitrogens with one attached hydrogen (secondary N) is 1. The fraction of sp³-hybridized carbons (Fsp3) is 0.368. The second-order valence-corrected chi connectivity index (χ2v) is 6.93. The largest absolute Gasteiger partial charge is 0.477 e. The highest BCUT2D eigenvalue weighted by Gasteiger charge is 2.53. The maximum atomic E-state index is 12.0. The van der Waals surface area contributed by atoms with E-state index in [4.69, 9.17) is 10.8 Å². The Morgan fingerprint density at radius 2 is 1.92 bits per heavy atom. The van der Waals surface area contributed by atoms with E-state index in [1.165, 1.54) is 6.07 Å². The molecule has 0 amide bonds. The molecule has 2 aliphatic rings. The van der Waals surface area contributed by atoms with Gasteiger partial charge in [0.1, 0.15) is 5.56 Å². The predicted molar refractivity (Wildman–Crippen MR) is 96.0 cm³/mol. The van der Waals surface area contributed by atoms with Gasteiger partial charge in [-0.05, 0) is 47.6 Å². The third kappa shape index (κ3) is 2.62. The van der Waals surface area contributed by atoms with Crippen LogP contribution in [0.2, 0.25) is 0 Å². The number of carbonyl (C=O) groups is 1. The first-order chi connectivity index (χ1) is 12.0. The van der Waals surface area contributed by atoms with Crippen LogP contribution in [0.3, 0.4) is 0 Å². The topological polar surface area (TPSA) is 99.4 Å². The van der Waals surface area contributed by atoms with E-state index in [2.05, 4.69) is 22.0 Å². The van der Waals surface area contributed by atoms with Crippen molar-refractivity contribution in [3.8, 4) is 11.3 Å². The van der Waals surface area contributed by atoms with Crippen molar-refractivity contribution in [2.75, 3.05) is 18.0 Å². The maximum Gasteiger partial charge on any atom is 0.341 e. The fourth-order valence-electron chi connectivity index (χ4n) is 3.89. The SMILES string of the molecule is CCc1cc(C(=O)O)c(=O)[nH]c1-c1ccc(N2C[C@@H]3[C@@H](N)[C@@H]3C2)cc1. The molecule has 0 spiro atoms. The van der Waals surface area contributed by atoms with E-state index in [0.29, 0.717) is 30.0 Å². The Bertz CT molecular complexity index is 876. The summed E-state index contributed by atoms with van der Waals surface area (Å²) in [6.07, 6.45) is 0.640. The molecule has 6 nitrogen and oxygen atoms in total. The number of hydrogen-bond acceptors (Lipinski definition) is 4. The van der Waals surface area contributed by atoms with E-state index < -0.39 is 11.5 Å². The van der Waals surface area contributed by atoms with Gasteiger partial charge in [0, 0.05) is 24.8 Å². The average molecular weight is 339 g/mol. The van der Waals surface area contributed by atoms with E-state index >= 15 is 0 Å². The van der Waals surface area contributed by atoms with Crippen LogP contribution < -0.4 is 16.2 Å². The van der Waals surface area contributed by atoms with Gasteiger partial charge in [-0.25, -0.2) is 4.79 Å². The average Bonchev–Trinajstić information content (AvgIpc) is 3.02. The Morgan fingerprint density at radius 3 is 2.48 bits per heavy atom. The van der Waals surface area contributed by atoms with Crippen LogP contribution in [0.4, 0.5) is 5.69 Å². The summed E-state index contributed by atoms with van der Waals surface area (Å²) < 4.78 is 0. The van der Waals surface area contributed by atoms with Crippen LogP contribution in [0.15, 0.2) is 35.1 Å². The van der Waals surface area contributed by atoms with Gasteiger partial charge in [-0.2, -0.15) is 0 Å². The van der Waals surface area contributed by atoms with Gasteiger partial charge in [-0.1, -0.05) is 19.1 Å². The summed E-state index contributed by atoms with van der Waals surface area (Å²) >= 11 is 0. The molecule has 1 aliphatic carbocycles. The molecular formula is C19H21N3O3. The highest BCUT2D eigenvalue weighted by molar-refractivity contribution is 5.88. The number of rotatable bonds is 4. The summed E-state index contributed by atoms with van der Waals surface area (Å²) in [5.41, 5.74) is 8.75. The molecule has 2 fully saturated rings. The van der Waals surface area contributed by atoms with Crippen molar-refractivity contribution in [1.82, 2.24) is 4.98 Å². The van der Waals surface area contributed by atoms with Crippen LogP contribution in [-0.2, 0) is 6.42 Å². The summed E-state index contributed by atoms with van der Waals surface area (Å²) in [4.78, 5) is 28.2. The molecule has 25 heavy (non-hydrogen) atoms. The maximum absolute atomic E-state index is 12.0. The van der Waals surface area contributed by atoms with Crippen molar-refractivity contribution in [3.63, 3.8) is 0 Å². The highest BCUT2D eigenvalue weighted by Crippen LogP contribution is 2.45. The summed E-state index contributed by atoms with van der Waals surface area (Å²) in [6, 6.07) is 9.90. The molecule has 1 aromatic carbocycles. The Kier molecular flexibility index (Phi) is 3.65.